The van der Waals surface area contributed by atoms with E-state index in [1.807, 2.05) is 0 Å². The van der Waals surface area contributed by atoms with Crippen molar-refractivity contribution in [2.45, 2.75) is 12.5 Å². The number of amides is 1. The van der Waals surface area contributed by atoms with Crippen LogP contribution in [-0.2, 0) is 0 Å². The van der Waals surface area contributed by atoms with Gasteiger partial charge in [-0.15, -0.1) is 12.4 Å². The van der Waals surface area contributed by atoms with Crippen LogP contribution in [-0.4, -0.2) is 36.8 Å². The van der Waals surface area contributed by atoms with Crippen molar-refractivity contribution in [2.75, 3.05) is 19.6 Å². The van der Waals surface area contributed by atoms with Gasteiger partial charge in [-0.1, -0.05) is 6.07 Å². The van der Waals surface area contributed by atoms with Gasteiger partial charge in [0.1, 0.15) is 0 Å². The zero-order valence-electron chi connectivity index (χ0n) is 10.7. The van der Waals surface area contributed by atoms with Gasteiger partial charge in [0.2, 0.25) is 0 Å². The van der Waals surface area contributed by atoms with Crippen LogP contribution in [0, 0.1) is 17.6 Å². The number of benzene rings is 1. The Labute approximate surface area is 122 Å². The number of nitrogens with one attached hydrogen (secondary N) is 2. The van der Waals surface area contributed by atoms with E-state index in [1.54, 1.807) is 0 Å². The molecule has 4 nitrogen and oxygen atoms in total. The van der Waals surface area contributed by atoms with Crippen molar-refractivity contribution in [1.29, 1.82) is 0 Å². The summed E-state index contributed by atoms with van der Waals surface area (Å²) in [5.74, 6) is -2.93. The molecule has 7 heteroatoms. The second-order valence-corrected chi connectivity index (χ2v) is 4.63. The van der Waals surface area contributed by atoms with Gasteiger partial charge in [0.15, 0.2) is 11.6 Å². The van der Waals surface area contributed by atoms with E-state index in [0.29, 0.717) is 6.54 Å². The molecule has 1 aliphatic rings. The van der Waals surface area contributed by atoms with Crippen LogP contribution in [0.4, 0.5) is 8.78 Å². The molecule has 1 fully saturated rings. The summed E-state index contributed by atoms with van der Waals surface area (Å²) in [5, 5.41) is 15.3. The van der Waals surface area contributed by atoms with Crippen molar-refractivity contribution in [3.05, 3.63) is 35.4 Å². The summed E-state index contributed by atoms with van der Waals surface area (Å²) >= 11 is 0. The van der Waals surface area contributed by atoms with Crippen LogP contribution in [0.1, 0.15) is 16.8 Å². The molecule has 0 saturated carbocycles. The summed E-state index contributed by atoms with van der Waals surface area (Å²) in [7, 11) is 0. The largest absolute Gasteiger partial charge is 0.391 e. The molecule has 20 heavy (non-hydrogen) atoms. The van der Waals surface area contributed by atoms with Gasteiger partial charge in [0.25, 0.3) is 5.91 Å². The third-order valence-corrected chi connectivity index (χ3v) is 3.31. The minimum atomic E-state index is -1.15. The first-order chi connectivity index (χ1) is 9.09. The lowest BCUT2D eigenvalue weighted by Crippen LogP contribution is -2.45. The van der Waals surface area contributed by atoms with Crippen LogP contribution in [0.3, 0.4) is 0 Å². The second-order valence-electron chi connectivity index (χ2n) is 4.63. The van der Waals surface area contributed by atoms with E-state index in [9.17, 15) is 18.7 Å². The van der Waals surface area contributed by atoms with Crippen LogP contribution >= 0.6 is 12.4 Å². The average molecular weight is 307 g/mol. The maximum Gasteiger partial charge on any atom is 0.254 e. The topological polar surface area (TPSA) is 61.4 Å². The summed E-state index contributed by atoms with van der Waals surface area (Å²) < 4.78 is 26.4. The smallest absolute Gasteiger partial charge is 0.254 e. The highest BCUT2D eigenvalue weighted by atomic mass is 35.5. The molecule has 1 aliphatic heterocycles. The summed E-state index contributed by atoms with van der Waals surface area (Å²) in [6.07, 6.45) is 0.194. The van der Waals surface area contributed by atoms with Crippen LogP contribution < -0.4 is 10.6 Å². The predicted molar refractivity (Wildman–Crippen MR) is 72.9 cm³/mol. The number of β-amino-alcohol motifs (C(OH)–C–C–N with tert-alkyl or cyclic N) is 1. The zero-order valence-corrected chi connectivity index (χ0v) is 11.6. The molecule has 0 aliphatic carbocycles. The summed E-state index contributed by atoms with van der Waals surface area (Å²) in [6.45, 7) is 1.50. The summed E-state index contributed by atoms with van der Waals surface area (Å²) in [5.41, 5.74) is -0.316. The predicted octanol–water partition coefficient (Wildman–Crippen LogP) is 1.09. The standard InChI is InChI=1S/C13H16F2N2O2.ClH/c14-10-3-1-2-9(12(10)15)13(19)17-6-8-4-5-16-7-11(8)18;/h1-3,8,11,16,18H,4-7H2,(H,17,19);1H/t8-,11+;/m0./s1. The maximum absolute atomic E-state index is 13.4. The molecule has 0 aromatic heterocycles. The first kappa shape index (κ1) is 16.8. The van der Waals surface area contributed by atoms with E-state index < -0.39 is 23.6 Å². The number of piperidine rings is 1. The lowest BCUT2D eigenvalue weighted by Gasteiger charge is -2.28. The summed E-state index contributed by atoms with van der Waals surface area (Å²) in [6, 6.07) is 3.47. The number of aliphatic hydroxyl groups excluding tert-OH is 1. The van der Waals surface area contributed by atoms with Crippen LogP contribution in [0.25, 0.3) is 0 Å². The molecular weight excluding hydrogens is 290 g/mol. The van der Waals surface area contributed by atoms with Crippen LogP contribution in [0.2, 0.25) is 0 Å². The molecule has 0 spiro atoms. The molecule has 112 valence electrons. The lowest BCUT2D eigenvalue weighted by molar-refractivity contribution is 0.0751. The van der Waals surface area contributed by atoms with Crippen LogP contribution in [0.15, 0.2) is 18.2 Å². The molecular formula is C13H17ClF2N2O2. The Bertz CT molecular complexity index is 474. The Kier molecular flexibility index (Phi) is 6.32. The molecule has 0 bridgehead atoms. The first-order valence-electron chi connectivity index (χ1n) is 6.20. The minimum Gasteiger partial charge on any atom is -0.391 e. The zero-order chi connectivity index (χ0) is 13.8. The molecule has 1 saturated heterocycles. The normalized spacial score (nSPS) is 21.9. The van der Waals surface area contributed by atoms with Gasteiger partial charge in [-0.05, 0) is 25.1 Å². The molecule has 1 aromatic rings. The van der Waals surface area contributed by atoms with Crippen LogP contribution in [0.5, 0.6) is 0 Å². The Hall–Kier alpha value is -1.24. The molecule has 3 N–H and O–H groups in total. The number of carbonyl (C=O) groups excluding carboxylic acids is 1. The Balaban J connectivity index is 0.00000200. The molecule has 0 unspecified atom stereocenters. The number of rotatable bonds is 3. The number of hydrogen-bond donors (Lipinski definition) is 3. The molecule has 2 atom stereocenters. The van der Waals surface area contributed by atoms with Gasteiger partial charge in [0, 0.05) is 19.0 Å². The average Bonchev–Trinajstić information content (AvgIpc) is 2.40. The number of hydrogen-bond acceptors (Lipinski definition) is 3. The van der Waals surface area contributed by atoms with Crippen molar-refractivity contribution < 1.29 is 18.7 Å². The van der Waals surface area contributed by atoms with Gasteiger partial charge in [-0.3, -0.25) is 4.79 Å². The van der Waals surface area contributed by atoms with Crippen molar-refractivity contribution >= 4 is 18.3 Å². The fourth-order valence-corrected chi connectivity index (χ4v) is 2.13. The Morgan fingerprint density at radius 1 is 1.45 bits per heavy atom. The first-order valence-corrected chi connectivity index (χ1v) is 6.20. The minimum absolute atomic E-state index is 0. The highest BCUT2D eigenvalue weighted by Gasteiger charge is 2.24. The van der Waals surface area contributed by atoms with Crippen molar-refractivity contribution in [3.63, 3.8) is 0 Å². The molecule has 2 rings (SSSR count). The SMILES string of the molecule is Cl.O=C(NC[C@@H]1CCNC[C@H]1O)c1cccc(F)c1F. The highest BCUT2D eigenvalue weighted by molar-refractivity contribution is 5.94. The van der Waals surface area contributed by atoms with Gasteiger partial charge in [-0.2, -0.15) is 0 Å². The second kappa shape index (κ2) is 7.52. The fourth-order valence-electron chi connectivity index (χ4n) is 2.13. The number of aliphatic hydroxyl groups is 1. The maximum atomic E-state index is 13.4. The van der Waals surface area contributed by atoms with E-state index in [2.05, 4.69) is 10.6 Å². The molecule has 1 heterocycles. The van der Waals surface area contributed by atoms with E-state index in [1.165, 1.54) is 12.1 Å². The van der Waals surface area contributed by atoms with Gasteiger partial charge in [0.05, 0.1) is 11.7 Å². The van der Waals surface area contributed by atoms with E-state index in [4.69, 9.17) is 0 Å². The summed E-state index contributed by atoms with van der Waals surface area (Å²) in [4.78, 5) is 11.8. The highest BCUT2D eigenvalue weighted by Crippen LogP contribution is 2.13. The molecule has 0 radical (unpaired) electrons. The lowest BCUT2D eigenvalue weighted by atomic mass is 9.95. The quantitative estimate of drug-likeness (QED) is 0.783. The third-order valence-electron chi connectivity index (χ3n) is 3.31. The fraction of sp³-hybridized carbons (Fsp3) is 0.462. The van der Waals surface area contributed by atoms with Crippen molar-refractivity contribution in [3.8, 4) is 0 Å². The van der Waals surface area contributed by atoms with Gasteiger partial charge < -0.3 is 15.7 Å². The Morgan fingerprint density at radius 3 is 2.90 bits per heavy atom. The van der Waals surface area contributed by atoms with Gasteiger partial charge in [-0.25, -0.2) is 8.78 Å². The van der Waals surface area contributed by atoms with E-state index in [-0.39, 0.29) is 30.4 Å². The van der Waals surface area contributed by atoms with Crippen molar-refractivity contribution in [2.24, 2.45) is 5.92 Å². The Morgan fingerprint density at radius 2 is 2.20 bits per heavy atom. The molecule has 1 aromatic carbocycles. The van der Waals surface area contributed by atoms with Gasteiger partial charge >= 0.3 is 0 Å². The number of halogens is 3. The van der Waals surface area contributed by atoms with Crippen molar-refractivity contribution in [1.82, 2.24) is 10.6 Å². The molecule has 1 amide bonds. The van der Waals surface area contributed by atoms with E-state index in [0.717, 1.165) is 19.0 Å². The number of carbonyl (C=O) groups is 1. The monoisotopic (exact) mass is 306 g/mol. The third kappa shape index (κ3) is 3.88. The van der Waals surface area contributed by atoms with E-state index >= 15 is 0 Å².